The Labute approximate surface area is 67.6 Å². The number of carbonyl (C=O) groups excluding carboxylic acids is 1. The van der Waals surface area contributed by atoms with E-state index >= 15 is 0 Å². The van der Waals surface area contributed by atoms with Gasteiger partial charge in [0.2, 0.25) is 0 Å². The number of carboxylic acids is 1. The second-order valence-electron chi connectivity index (χ2n) is 2.15. The van der Waals surface area contributed by atoms with Crippen LogP contribution in [0.2, 0.25) is 0 Å². The zero-order valence-electron chi connectivity index (χ0n) is 5.94. The lowest BCUT2D eigenvalue weighted by atomic mass is 10.1. The summed E-state index contributed by atoms with van der Waals surface area (Å²) < 4.78 is 0. The molecule has 0 unspecified atom stereocenters. The topological polar surface area (TPSA) is 90.5 Å². The van der Waals surface area contributed by atoms with E-state index in [-0.39, 0.29) is 12.0 Å². The summed E-state index contributed by atoms with van der Waals surface area (Å²) in [6.07, 6.45) is 0.937. The summed E-state index contributed by atoms with van der Waals surface area (Å²) in [5.74, 6) is -1.98. The normalized spacial score (nSPS) is 16.1. The van der Waals surface area contributed by atoms with E-state index in [0.29, 0.717) is 0 Å². The number of allylic oxidation sites excluding steroid dienone is 1. The molecule has 0 atom stereocenters. The summed E-state index contributed by atoms with van der Waals surface area (Å²) in [6.45, 7) is 0. The van der Waals surface area contributed by atoms with Gasteiger partial charge in [-0.2, -0.15) is 5.26 Å². The molecule has 0 saturated carbocycles. The molecule has 0 bridgehead atoms. The van der Waals surface area contributed by atoms with Crippen LogP contribution in [0.1, 0.15) is 6.42 Å². The fourth-order valence-electron chi connectivity index (χ4n) is 0.760. The van der Waals surface area contributed by atoms with Gasteiger partial charge in [-0.3, -0.25) is 4.79 Å². The Morgan fingerprint density at radius 2 is 2.42 bits per heavy atom. The number of hydrogen-bond acceptors (Lipinski definition) is 4. The van der Waals surface area contributed by atoms with Gasteiger partial charge in [0.25, 0.3) is 0 Å². The van der Waals surface area contributed by atoms with Crippen molar-refractivity contribution in [3.63, 3.8) is 0 Å². The molecule has 0 amide bonds. The van der Waals surface area contributed by atoms with E-state index in [0.717, 1.165) is 6.20 Å². The average molecular weight is 164 g/mol. The van der Waals surface area contributed by atoms with E-state index in [9.17, 15) is 9.59 Å². The molecule has 5 heteroatoms. The van der Waals surface area contributed by atoms with Crippen LogP contribution >= 0.6 is 0 Å². The van der Waals surface area contributed by atoms with E-state index in [4.69, 9.17) is 10.4 Å². The third-order valence-electron chi connectivity index (χ3n) is 1.31. The van der Waals surface area contributed by atoms with Crippen molar-refractivity contribution in [2.45, 2.75) is 6.42 Å². The average Bonchev–Trinajstić information content (AvgIpc) is 2.03. The number of nitriles is 1. The molecule has 0 aromatic rings. The molecule has 1 rings (SSSR count). The van der Waals surface area contributed by atoms with Crippen LogP contribution in [0, 0.1) is 11.3 Å². The molecule has 0 aromatic heterocycles. The van der Waals surface area contributed by atoms with Crippen LogP contribution in [-0.2, 0) is 9.59 Å². The van der Waals surface area contributed by atoms with Gasteiger partial charge in [0.1, 0.15) is 0 Å². The number of ketones is 1. The minimum atomic E-state index is -1.35. The first kappa shape index (κ1) is 8.14. The molecule has 1 N–H and O–H groups in total. The lowest BCUT2D eigenvalue weighted by Gasteiger charge is -2.02. The number of aliphatic imine (C=N–C) groups is 1. The second-order valence-corrected chi connectivity index (χ2v) is 2.15. The summed E-state index contributed by atoms with van der Waals surface area (Å²) in [4.78, 5) is 24.5. The number of hydrogen-bond donors (Lipinski definition) is 1. The van der Waals surface area contributed by atoms with Gasteiger partial charge >= 0.3 is 5.97 Å². The molecule has 60 valence electrons. The van der Waals surface area contributed by atoms with Crippen LogP contribution in [0.25, 0.3) is 0 Å². The van der Waals surface area contributed by atoms with E-state index in [2.05, 4.69) is 4.99 Å². The van der Waals surface area contributed by atoms with Gasteiger partial charge in [0, 0.05) is 12.6 Å². The van der Waals surface area contributed by atoms with Crippen LogP contribution in [0.3, 0.4) is 0 Å². The van der Waals surface area contributed by atoms with E-state index < -0.39 is 17.5 Å². The molecule has 12 heavy (non-hydrogen) atoms. The molecule has 5 nitrogen and oxygen atoms in total. The third-order valence-corrected chi connectivity index (χ3v) is 1.31. The highest BCUT2D eigenvalue weighted by molar-refractivity contribution is 6.64. The first-order valence-corrected chi connectivity index (χ1v) is 3.08. The SMILES string of the molecule is N#CC1=CN=C(C(=O)O)C(=O)C1. The van der Waals surface area contributed by atoms with Gasteiger partial charge in [0.05, 0.1) is 11.6 Å². The third kappa shape index (κ3) is 1.37. The summed E-state index contributed by atoms with van der Waals surface area (Å²) in [7, 11) is 0. The van der Waals surface area contributed by atoms with Gasteiger partial charge in [-0.25, -0.2) is 9.79 Å². The largest absolute Gasteiger partial charge is 0.476 e. The van der Waals surface area contributed by atoms with Crippen LogP contribution < -0.4 is 0 Å². The van der Waals surface area contributed by atoms with Crippen LogP contribution in [0.4, 0.5) is 0 Å². The molecule has 1 aliphatic heterocycles. The van der Waals surface area contributed by atoms with Crippen LogP contribution in [0.5, 0.6) is 0 Å². The quantitative estimate of drug-likeness (QED) is 0.585. The van der Waals surface area contributed by atoms with Crippen LogP contribution in [0.15, 0.2) is 16.8 Å². The Bertz CT molecular complexity index is 346. The molecule has 0 radical (unpaired) electrons. The molecule has 1 aliphatic rings. The predicted octanol–water partition coefficient (Wildman–Crippen LogP) is -0.108. The number of carbonyl (C=O) groups is 2. The van der Waals surface area contributed by atoms with Crippen LogP contribution in [-0.4, -0.2) is 22.6 Å². The Balaban J connectivity index is 3.01. The number of Topliss-reactive ketones (excluding diaryl/α,β-unsaturated/α-hetero) is 1. The molecular weight excluding hydrogens is 160 g/mol. The molecule has 0 spiro atoms. The van der Waals surface area contributed by atoms with Crippen molar-refractivity contribution < 1.29 is 14.7 Å². The Morgan fingerprint density at radius 1 is 1.75 bits per heavy atom. The maximum atomic E-state index is 10.9. The first-order chi connectivity index (χ1) is 5.65. The fourth-order valence-corrected chi connectivity index (χ4v) is 0.760. The summed E-state index contributed by atoms with van der Waals surface area (Å²) >= 11 is 0. The lowest BCUT2D eigenvalue weighted by Crippen LogP contribution is -2.25. The zero-order valence-corrected chi connectivity index (χ0v) is 5.94. The number of aliphatic carboxylic acids is 1. The van der Waals surface area contributed by atoms with E-state index in [1.54, 1.807) is 6.07 Å². The Kier molecular flexibility index (Phi) is 2.01. The molecule has 0 aliphatic carbocycles. The second kappa shape index (κ2) is 2.96. The highest BCUT2D eigenvalue weighted by Gasteiger charge is 2.22. The molecule has 1 heterocycles. The van der Waals surface area contributed by atoms with Gasteiger partial charge in [-0.15, -0.1) is 0 Å². The minimum Gasteiger partial charge on any atom is -0.476 e. The smallest absolute Gasteiger partial charge is 0.358 e. The van der Waals surface area contributed by atoms with Gasteiger partial charge in [-0.1, -0.05) is 0 Å². The highest BCUT2D eigenvalue weighted by Crippen LogP contribution is 2.08. The van der Waals surface area contributed by atoms with Crippen molar-refractivity contribution in [1.82, 2.24) is 0 Å². The van der Waals surface area contributed by atoms with E-state index in [1.807, 2.05) is 0 Å². The van der Waals surface area contributed by atoms with Crippen molar-refractivity contribution in [1.29, 1.82) is 5.26 Å². The number of rotatable bonds is 1. The highest BCUT2D eigenvalue weighted by atomic mass is 16.4. The maximum Gasteiger partial charge on any atom is 0.358 e. The van der Waals surface area contributed by atoms with Crippen molar-refractivity contribution >= 4 is 17.5 Å². The van der Waals surface area contributed by atoms with Crippen molar-refractivity contribution in [3.05, 3.63) is 11.8 Å². The van der Waals surface area contributed by atoms with Crippen molar-refractivity contribution in [2.24, 2.45) is 4.99 Å². The maximum absolute atomic E-state index is 10.9. The number of nitrogens with zero attached hydrogens (tertiary/aromatic N) is 2. The number of carboxylic acid groups (broad SMARTS) is 1. The monoisotopic (exact) mass is 164 g/mol. The van der Waals surface area contributed by atoms with Crippen molar-refractivity contribution in [3.8, 4) is 6.07 Å². The van der Waals surface area contributed by atoms with Gasteiger partial charge < -0.3 is 5.11 Å². The molecular formula is C7H4N2O3. The molecule has 0 aromatic carbocycles. The minimum absolute atomic E-state index is 0.165. The fraction of sp³-hybridized carbons (Fsp3) is 0.143. The van der Waals surface area contributed by atoms with E-state index in [1.165, 1.54) is 0 Å². The molecule has 0 saturated heterocycles. The Morgan fingerprint density at radius 3 is 2.83 bits per heavy atom. The summed E-state index contributed by atoms with van der Waals surface area (Å²) in [6, 6.07) is 1.73. The Hall–Kier alpha value is -1.96. The zero-order chi connectivity index (χ0) is 9.14. The van der Waals surface area contributed by atoms with Gasteiger partial charge in [0.15, 0.2) is 11.5 Å². The summed E-state index contributed by atoms with van der Waals surface area (Å²) in [5.41, 5.74) is -0.320. The molecule has 0 fully saturated rings. The summed E-state index contributed by atoms with van der Waals surface area (Å²) in [5, 5.41) is 16.8. The lowest BCUT2D eigenvalue weighted by molar-refractivity contribution is -0.130. The van der Waals surface area contributed by atoms with Gasteiger partial charge in [-0.05, 0) is 0 Å². The van der Waals surface area contributed by atoms with Crippen molar-refractivity contribution in [2.75, 3.05) is 0 Å². The first-order valence-electron chi connectivity index (χ1n) is 3.08. The predicted molar refractivity (Wildman–Crippen MR) is 38.4 cm³/mol. The standard InChI is InChI=1S/C7H4N2O3/c8-2-4-1-5(10)6(7(11)12)9-3-4/h3H,1H2,(H,11,12).